The van der Waals surface area contributed by atoms with Gasteiger partial charge in [0, 0.05) is 36.3 Å². The highest BCUT2D eigenvalue weighted by molar-refractivity contribution is 6.31. The number of carbonyl (C=O) groups excluding carboxylic acids is 7. The molecule has 0 aromatic heterocycles. The molecule has 0 aliphatic heterocycles. The van der Waals surface area contributed by atoms with E-state index in [9.17, 15) is 43.8 Å². The maximum absolute atomic E-state index is 14.0. The normalized spacial score (nSPS) is 33.0. The van der Waals surface area contributed by atoms with Crippen LogP contribution in [0.15, 0.2) is 12.1 Å². The molecule has 3 fully saturated rings. The Morgan fingerprint density at radius 3 is 2.37 bits per heavy atom. The van der Waals surface area contributed by atoms with Crippen molar-refractivity contribution in [2.24, 2.45) is 35.3 Å². The molecule has 2 unspecified atom stereocenters. The number of rotatable bonds is 5. The topological polar surface area (TPSA) is 207 Å². The zero-order chi connectivity index (χ0) is 30.0. The van der Waals surface area contributed by atoms with Gasteiger partial charge in [-0.3, -0.25) is 33.6 Å². The Hall–Kier alpha value is -3.93. The lowest BCUT2D eigenvalue weighted by atomic mass is 9.50. The second-order valence-corrected chi connectivity index (χ2v) is 11.5. The van der Waals surface area contributed by atoms with Gasteiger partial charge in [-0.05, 0) is 36.5 Å². The second-order valence-electron chi connectivity index (χ2n) is 11.5. The Kier molecular flexibility index (Phi) is 7.09. The van der Waals surface area contributed by atoms with E-state index >= 15 is 0 Å². The van der Waals surface area contributed by atoms with Crippen LogP contribution >= 0.6 is 0 Å². The lowest BCUT2D eigenvalue weighted by Gasteiger charge is -2.53. The zero-order valence-corrected chi connectivity index (χ0v) is 22.7. The number of ether oxygens (including phenoxy) is 1. The first kappa shape index (κ1) is 28.6. The van der Waals surface area contributed by atoms with E-state index in [0.717, 1.165) is 12.8 Å². The number of Topliss-reactive ketones (excluding diaryl/α,β-unsaturated/α-hetero) is 4. The van der Waals surface area contributed by atoms with Crippen LogP contribution in [-0.4, -0.2) is 62.8 Å². The molecule has 2 amide bonds. The minimum absolute atomic E-state index is 0.124. The number of benzene rings is 1. The van der Waals surface area contributed by atoms with E-state index in [1.54, 1.807) is 6.92 Å². The fourth-order valence-electron chi connectivity index (χ4n) is 7.33. The number of nitrogens with one attached hydrogen (secondary N) is 1. The molecule has 0 radical (unpaired) electrons. The third-order valence-corrected chi connectivity index (χ3v) is 9.35. The average molecular weight is 569 g/mol. The molecule has 0 heterocycles. The lowest BCUT2D eigenvalue weighted by Crippen LogP contribution is -2.73. The highest BCUT2D eigenvalue weighted by atomic mass is 16.5. The third kappa shape index (κ3) is 4.18. The van der Waals surface area contributed by atoms with Gasteiger partial charge in [0.25, 0.3) is 0 Å². The van der Waals surface area contributed by atoms with E-state index in [1.807, 2.05) is 0 Å². The van der Waals surface area contributed by atoms with Crippen molar-refractivity contribution in [3.05, 3.63) is 23.3 Å². The molecule has 7 atom stereocenters. The Morgan fingerprint density at radius 1 is 1.10 bits per heavy atom. The number of hydrogen-bond acceptors (Lipinski definition) is 10. The van der Waals surface area contributed by atoms with Crippen molar-refractivity contribution in [3.63, 3.8) is 0 Å². The summed E-state index contributed by atoms with van der Waals surface area (Å²) in [6.45, 7) is 3.12. The fourth-order valence-corrected chi connectivity index (χ4v) is 7.33. The fraction of sp³-hybridized carbons (Fsp3) is 0.552. The Labute approximate surface area is 235 Å². The van der Waals surface area contributed by atoms with Crippen LogP contribution in [0.4, 0.5) is 5.69 Å². The number of nitrogens with two attached hydrogens (primary N) is 1. The minimum Gasteiger partial charge on any atom is -0.507 e. The number of phenolic OH excluding ortho intramolecular Hbond substituents is 1. The minimum atomic E-state index is -3.01. The van der Waals surface area contributed by atoms with Crippen LogP contribution in [0.1, 0.15) is 74.2 Å². The summed E-state index contributed by atoms with van der Waals surface area (Å²) in [6, 6.07) is 2.66. The predicted octanol–water partition coefficient (Wildman–Crippen LogP) is 0.948. The first-order chi connectivity index (χ1) is 19.3. The number of carbonyl (C=O) groups is 7. The molecule has 4 aliphatic rings. The van der Waals surface area contributed by atoms with Gasteiger partial charge >= 0.3 is 5.97 Å². The van der Waals surface area contributed by atoms with Gasteiger partial charge in [-0.15, -0.1) is 0 Å². The highest BCUT2D eigenvalue weighted by Crippen LogP contribution is 2.56. The van der Waals surface area contributed by atoms with Crippen molar-refractivity contribution < 1.29 is 48.5 Å². The van der Waals surface area contributed by atoms with Crippen molar-refractivity contribution >= 4 is 46.6 Å². The molecule has 3 saturated carbocycles. The van der Waals surface area contributed by atoms with Crippen molar-refractivity contribution in [1.82, 2.24) is 0 Å². The number of anilines is 1. The molecule has 5 rings (SSSR count). The summed E-state index contributed by atoms with van der Waals surface area (Å²) in [4.78, 5) is 91.8. The molecular formula is C29H32N2O10. The van der Waals surface area contributed by atoms with Crippen molar-refractivity contribution in [2.75, 3.05) is 5.32 Å². The average Bonchev–Trinajstić information content (AvgIpc) is 3.46. The number of primary amides is 1. The number of amides is 2. The summed E-state index contributed by atoms with van der Waals surface area (Å²) in [5.74, 6) is -15.1. The molecule has 0 spiro atoms. The van der Waals surface area contributed by atoms with Gasteiger partial charge in [0.15, 0.2) is 34.7 Å². The molecular weight excluding hydrogens is 536 g/mol. The highest BCUT2D eigenvalue weighted by Gasteiger charge is 2.71. The number of esters is 1. The van der Waals surface area contributed by atoms with Gasteiger partial charge in [-0.2, -0.15) is 0 Å². The number of fused-ring (bicyclic) bond motifs is 3. The Morgan fingerprint density at radius 2 is 1.76 bits per heavy atom. The predicted molar refractivity (Wildman–Crippen MR) is 139 cm³/mol. The number of ketones is 4. The number of hydrogen-bond donors (Lipinski definition) is 4. The van der Waals surface area contributed by atoms with Gasteiger partial charge in [-0.1, -0.05) is 26.7 Å². The number of aromatic hydroxyl groups is 1. The van der Waals surface area contributed by atoms with Crippen LogP contribution < -0.4 is 11.1 Å². The van der Waals surface area contributed by atoms with Gasteiger partial charge < -0.3 is 26.0 Å². The van der Waals surface area contributed by atoms with E-state index in [1.165, 1.54) is 19.1 Å². The van der Waals surface area contributed by atoms with Crippen molar-refractivity contribution in [3.8, 4) is 5.75 Å². The van der Waals surface area contributed by atoms with Crippen LogP contribution in [0.3, 0.4) is 0 Å². The van der Waals surface area contributed by atoms with E-state index < -0.39 is 88.5 Å². The Bertz CT molecular complexity index is 1400. The number of phenols is 1. The van der Waals surface area contributed by atoms with Gasteiger partial charge in [0.2, 0.25) is 11.8 Å². The van der Waals surface area contributed by atoms with E-state index in [4.69, 9.17) is 10.5 Å². The number of aliphatic hydroxyl groups is 1. The Balaban J connectivity index is 1.66. The summed E-state index contributed by atoms with van der Waals surface area (Å²) in [5.41, 5.74) is 2.45. The van der Waals surface area contributed by atoms with Crippen molar-refractivity contribution in [1.29, 1.82) is 0 Å². The lowest BCUT2D eigenvalue weighted by molar-refractivity contribution is -0.198. The smallest absolute Gasteiger partial charge is 0.305 e. The molecule has 4 aliphatic carbocycles. The van der Waals surface area contributed by atoms with Gasteiger partial charge in [0.05, 0.1) is 11.5 Å². The summed E-state index contributed by atoms with van der Waals surface area (Å²) in [5, 5.41) is 25.3. The maximum atomic E-state index is 14.0. The monoisotopic (exact) mass is 568 g/mol. The third-order valence-electron chi connectivity index (χ3n) is 9.35. The van der Waals surface area contributed by atoms with E-state index in [0.29, 0.717) is 12.8 Å². The van der Waals surface area contributed by atoms with Crippen LogP contribution in [0.5, 0.6) is 5.75 Å². The molecule has 12 nitrogen and oxygen atoms in total. The first-order valence-electron chi connectivity index (χ1n) is 13.9. The van der Waals surface area contributed by atoms with Crippen LogP contribution in [-0.2, 0) is 33.5 Å². The molecule has 0 saturated heterocycles. The largest absolute Gasteiger partial charge is 0.507 e. The van der Waals surface area contributed by atoms with Crippen molar-refractivity contribution in [2.45, 2.75) is 70.0 Å². The van der Waals surface area contributed by atoms with Gasteiger partial charge in [-0.25, -0.2) is 0 Å². The molecule has 1 aromatic carbocycles. The second kappa shape index (κ2) is 10.2. The summed E-state index contributed by atoms with van der Waals surface area (Å²) in [6.07, 6.45) is 0.981. The quantitative estimate of drug-likeness (QED) is 0.225. The van der Waals surface area contributed by atoms with E-state index in [2.05, 4.69) is 5.32 Å². The maximum Gasteiger partial charge on any atom is 0.305 e. The summed E-state index contributed by atoms with van der Waals surface area (Å²) < 4.78 is 5.68. The molecule has 12 heteroatoms. The molecule has 0 bridgehead atoms. The van der Waals surface area contributed by atoms with Crippen LogP contribution in [0.25, 0.3) is 0 Å². The molecule has 41 heavy (non-hydrogen) atoms. The summed E-state index contributed by atoms with van der Waals surface area (Å²) in [7, 11) is 0. The molecule has 5 N–H and O–H groups in total. The summed E-state index contributed by atoms with van der Waals surface area (Å²) >= 11 is 0. The molecule has 218 valence electrons. The SMILES string of the molecule is CCC(=O)O[C@H]1[C@H]2C(C(=O)c3c(O)ccc(NC(=O)C4CCCC4)c3[C@@H]2C)C(=O)[C@]2(O)C(=O)C(C(N)=O)C(=O)C[C@H]12. The zero-order valence-electron chi connectivity index (χ0n) is 22.7. The van der Waals surface area contributed by atoms with Crippen LogP contribution in [0, 0.1) is 29.6 Å². The van der Waals surface area contributed by atoms with Crippen LogP contribution in [0.2, 0.25) is 0 Å². The van der Waals surface area contributed by atoms with Gasteiger partial charge in [0.1, 0.15) is 11.9 Å². The first-order valence-corrected chi connectivity index (χ1v) is 13.9. The standard InChI is InChI=1S/C29H32N2O10/c1-3-17(34)41-24-13-10-16(33)21(27(30)38)25(36)29(13,40)26(37)22-19(24)11(2)18-14(8-9-15(32)20(18)23(22)35)31-28(39)12-6-4-5-7-12/h8-9,11-13,19,21-22,24,32,40H,3-7,10H2,1-2H3,(H2,30,38)(H,31,39)/t11-,13+,19+,21?,22?,24+,29+/m0/s1. The van der Waals surface area contributed by atoms with E-state index in [-0.39, 0.29) is 35.1 Å². The molecule has 1 aromatic rings.